The quantitative estimate of drug-likeness (QED) is 0.553. The summed E-state index contributed by atoms with van der Waals surface area (Å²) in [6.07, 6.45) is 0. The Bertz CT molecular complexity index is 983. The average Bonchev–Trinajstić information content (AvgIpc) is 2.65. The van der Waals surface area contributed by atoms with Crippen molar-refractivity contribution in [2.45, 2.75) is 13.8 Å². The number of pyridine rings is 1. The molecule has 0 spiro atoms. The first kappa shape index (κ1) is 17.5. The van der Waals surface area contributed by atoms with Gasteiger partial charge in [0, 0.05) is 29.6 Å². The van der Waals surface area contributed by atoms with Crippen LogP contribution in [0.25, 0.3) is 22.0 Å². The third kappa shape index (κ3) is 3.69. The molecule has 132 valence electrons. The lowest BCUT2D eigenvalue weighted by Gasteiger charge is -2.11. The standard InChI is InChI=1S/C20H19N3O3/c1-13(2)12-21-20(24)18-11-14-6-3-4-9-17(14)19(22-18)15-7-5-8-16(10-15)23(25)26/h3-11,13H,12H2,1-2H3,(H,21,24). The number of nitrogens with one attached hydrogen (secondary N) is 1. The van der Waals surface area contributed by atoms with E-state index in [4.69, 9.17) is 0 Å². The number of nitro groups is 1. The minimum Gasteiger partial charge on any atom is -0.350 e. The Morgan fingerprint density at radius 2 is 1.92 bits per heavy atom. The number of non-ortho nitro benzene ring substituents is 1. The number of nitro benzene ring substituents is 1. The summed E-state index contributed by atoms with van der Waals surface area (Å²) in [6, 6.07) is 15.6. The van der Waals surface area contributed by atoms with Crippen LogP contribution in [0.3, 0.4) is 0 Å². The average molecular weight is 349 g/mol. The molecule has 0 aliphatic rings. The van der Waals surface area contributed by atoms with Crippen LogP contribution in [0.2, 0.25) is 0 Å². The van der Waals surface area contributed by atoms with Gasteiger partial charge in [0.25, 0.3) is 11.6 Å². The molecule has 3 rings (SSSR count). The minimum atomic E-state index is -0.440. The van der Waals surface area contributed by atoms with E-state index in [9.17, 15) is 14.9 Å². The Morgan fingerprint density at radius 1 is 1.15 bits per heavy atom. The highest BCUT2D eigenvalue weighted by atomic mass is 16.6. The van der Waals surface area contributed by atoms with Gasteiger partial charge in [-0.2, -0.15) is 0 Å². The van der Waals surface area contributed by atoms with E-state index in [0.29, 0.717) is 29.4 Å². The Morgan fingerprint density at radius 3 is 2.65 bits per heavy atom. The number of aromatic nitrogens is 1. The Hall–Kier alpha value is -3.28. The summed E-state index contributed by atoms with van der Waals surface area (Å²) in [5.41, 5.74) is 1.45. The van der Waals surface area contributed by atoms with Gasteiger partial charge in [0.2, 0.25) is 0 Å². The highest BCUT2D eigenvalue weighted by molar-refractivity contribution is 6.01. The van der Waals surface area contributed by atoms with Crippen molar-refractivity contribution in [1.29, 1.82) is 0 Å². The van der Waals surface area contributed by atoms with Crippen LogP contribution in [0.15, 0.2) is 54.6 Å². The van der Waals surface area contributed by atoms with Gasteiger partial charge in [-0.05, 0) is 17.4 Å². The van der Waals surface area contributed by atoms with Crippen molar-refractivity contribution in [3.8, 4) is 11.3 Å². The number of carbonyl (C=O) groups is 1. The first-order chi connectivity index (χ1) is 12.5. The van der Waals surface area contributed by atoms with Crippen LogP contribution in [0.4, 0.5) is 5.69 Å². The van der Waals surface area contributed by atoms with Gasteiger partial charge in [-0.15, -0.1) is 0 Å². The molecule has 0 aliphatic heterocycles. The Kier molecular flexibility index (Phi) is 4.93. The normalized spacial score (nSPS) is 10.9. The molecule has 0 unspecified atom stereocenters. The van der Waals surface area contributed by atoms with E-state index >= 15 is 0 Å². The maximum Gasteiger partial charge on any atom is 0.270 e. The van der Waals surface area contributed by atoms with Crippen LogP contribution in [-0.4, -0.2) is 22.4 Å². The van der Waals surface area contributed by atoms with Gasteiger partial charge in [0.1, 0.15) is 5.69 Å². The predicted molar refractivity (Wildman–Crippen MR) is 101 cm³/mol. The highest BCUT2D eigenvalue weighted by Gasteiger charge is 2.15. The molecule has 3 aromatic rings. The van der Waals surface area contributed by atoms with Crippen LogP contribution in [0.1, 0.15) is 24.3 Å². The van der Waals surface area contributed by atoms with E-state index in [2.05, 4.69) is 10.3 Å². The zero-order valence-corrected chi connectivity index (χ0v) is 14.6. The summed E-state index contributed by atoms with van der Waals surface area (Å²) in [4.78, 5) is 27.6. The number of amides is 1. The monoisotopic (exact) mass is 349 g/mol. The molecule has 6 nitrogen and oxygen atoms in total. The molecule has 0 bridgehead atoms. The fourth-order valence-electron chi connectivity index (χ4n) is 2.69. The molecule has 1 heterocycles. The van der Waals surface area contributed by atoms with Crippen molar-refractivity contribution in [2.24, 2.45) is 5.92 Å². The number of hydrogen-bond acceptors (Lipinski definition) is 4. The lowest BCUT2D eigenvalue weighted by atomic mass is 10.0. The third-order valence-corrected chi connectivity index (χ3v) is 3.97. The van der Waals surface area contributed by atoms with E-state index in [1.54, 1.807) is 18.2 Å². The van der Waals surface area contributed by atoms with Gasteiger partial charge < -0.3 is 5.32 Å². The first-order valence-corrected chi connectivity index (χ1v) is 8.38. The van der Waals surface area contributed by atoms with Crippen molar-refractivity contribution in [1.82, 2.24) is 10.3 Å². The second-order valence-electron chi connectivity index (χ2n) is 6.49. The van der Waals surface area contributed by atoms with E-state index in [1.165, 1.54) is 12.1 Å². The fraction of sp³-hybridized carbons (Fsp3) is 0.200. The van der Waals surface area contributed by atoms with Gasteiger partial charge in [0.05, 0.1) is 10.6 Å². The Labute approximate surface area is 151 Å². The number of carbonyl (C=O) groups excluding carboxylic acids is 1. The second-order valence-corrected chi connectivity index (χ2v) is 6.49. The van der Waals surface area contributed by atoms with E-state index < -0.39 is 4.92 Å². The molecule has 0 radical (unpaired) electrons. The molecule has 0 atom stereocenters. The van der Waals surface area contributed by atoms with E-state index in [-0.39, 0.29) is 11.6 Å². The molecular formula is C20H19N3O3. The number of fused-ring (bicyclic) bond motifs is 1. The van der Waals surface area contributed by atoms with E-state index in [0.717, 1.165) is 10.8 Å². The largest absolute Gasteiger partial charge is 0.350 e. The van der Waals surface area contributed by atoms with Gasteiger partial charge in [-0.3, -0.25) is 14.9 Å². The topological polar surface area (TPSA) is 85.1 Å². The summed E-state index contributed by atoms with van der Waals surface area (Å²) in [7, 11) is 0. The molecule has 0 fully saturated rings. The lowest BCUT2D eigenvalue weighted by molar-refractivity contribution is -0.384. The molecule has 1 aromatic heterocycles. The smallest absolute Gasteiger partial charge is 0.270 e. The zero-order chi connectivity index (χ0) is 18.7. The van der Waals surface area contributed by atoms with Crippen LogP contribution < -0.4 is 5.32 Å². The minimum absolute atomic E-state index is 0.0111. The second kappa shape index (κ2) is 7.31. The molecule has 2 aromatic carbocycles. The zero-order valence-electron chi connectivity index (χ0n) is 14.6. The van der Waals surface area contributed by atoms with Crippen LogP contribution >= 0.6 is 0 Å². The highest BCUT2D eigenvalue weighted by Crippen LogP contribution is 2.29. The molecule has 0 saturated heterocycles. The molecule has 0 aliphatic carbocycles. The predicted octanol–water partition coefficient (Wildman–Crippen LogP) is 4.20. The van der Waals surface area contributed by atoms with Crippen molar-refractivity contribution in [2.75, 3.05) is 6.54 Å². The van der Waals surface area contributed by atoms with Gasteiger partial charge in [0.15, 0.2) is 0 Å². The molecule has 1 N–H and O–H groups in total. The van der Waals surface area contributed by atoms with Gasteiger partial charge >= 0.3 is 0 Å². The molecule has 0 saturated carbocycles. The molecule has 6 heteroatoms. The van der Waals surface area contributed by atoms with Crippen molar-refractivity contribution in [3.05, 3.63) is 70.4 Å². The van der Waals surface area contributed by atoms with Crippen LogP contribution in [-0.2, 0) is 0 Å². The summed E-state index contributed by atoms with van der Waals surface area (Å²) in [5, 5.41) is 15.7. The SMILES string of the molecule is CC(C)CNC(=O)c1cc2ccccc2c(-c2cccc([N+](=O)[O-])c2)n1. The number of nitrogens with zero attached hydrogens (tertiary/aromatic N) is 2. The maximum atomic E-state index is 12.5. The molecular weight excluding hydrogens is 330 g/mol. The summed E-state index contributed by atoms with van der Waals surface area (Å²) in [6.45, 7) is 4.59. The van der Waals surface area contributed by atoms with Gasteiger partial charge in [-0.25, -0.2) is 4.98 Å². The van der Waals surface area contributed by atoms with Gasteiger partial charge in [-0.1, -0.05) is 50.2 Å². The maximum absolute atomic E-state index is 12.5. The van der Waals surface area contributed by atoms with Crippen molar-refractivity contribution >= 4 is 22.4 Å². The van der Waals surface area contributed by atoms with E-state index in [1.807, 2.05) is 38.1 Å². The third-order valence-electron chi connectivity index (χ3n) is 3.97. The molecule has 26 heavy (non-hydrogen) atoms. The van der Waals surface area contributed by atoms with Crippen LogP contribution in [0, 0.1) is 16.0 Å². The lowest BCUT2D eigenvalue weighted by Crippen LogP contribution is -2.28. The number of hydrogen-bond donors (Lipinski definition) is 1. The number of benzene rings is 2. The van der Waals surface area contributed by atoms with Crippen molar-refractivity contribution < 1.29 is 9.72 Å². The summed E-state index contributed by atoms with van der Waals surface area (Å²) in [5.74, 6) is 0.0757. The Balaban J connectivity index is 2.13. The molecule has 1 amide bonds. The first-order valence-electron chi connectivity index (χ1n) is 8.38. The number of rotatable bonds is 5. The fourth-order valence-corrected chi connectivity index (χ4v) is 2.69. The van der Waals surface area contributed by atoms with Crippen molar-refractivity contribution in [3.63, 3.8) is 0 Å². The summed E-state index contributed by atoms with van der Waals surface area (Å²) < 4.78 is 0. The summed E-state index contributed by atoms with van der Waals surface area (Å²) >= 11 is 0. The van der Waals surface area contributed by atoms with Crippen LogP contribution in [0.5, 0.6) is 0 Å².